The summed E-state index contributed by atoms with van der Waals surface area (Å²) in [5.74, 6) is 0. The van der Waals surface area contributed by atoms with Crippen molar-refractivity contribution in [1.29, 1.82) is 0 Å². The number of fused-ring (bicyclic) bond motifs is 1. The molecule has 1 aliphatic rings. The van der Waals surface area contributed by atoms with E-state index in [1.54, 1.807) is 36.4 Å². The van der Waals surface area contributed by atoms with Gasteiger partial charge >= 0.3 is 0 Å². The first kappa shape index (κ1) is 22.1. The number of nitrogens with zero attached hydrogens (tertiary/aromatic N) is 1. The SMILES string of the molecule is Cc1ccc(S(=O)(=O)N2/C(=C\c3ccccc3)C(O)(c3ccccc3)c3cc(C)ccc32)cc1. The summed E-state index contributed by atoms with van der Waals surface area (Å²) < 4.78 is 29.5. The molecule has 1 N–H and O–H groups in total. The van der Waals surface area contributed by atoms with Gasteiger partial charge in [-0.25, -0.2) is 12.7 Å². The monoisotopic (exact) mass is 467 g/mol. The number of rotatable bonds is 4. The lowest BCUT2D eigenvalue weighted by Gasteiger charge is -2.29. The Morgan fingerprint density at radius 2 is 1.35 bits per heavy atom. The summed E-state index contributed by atoms with van der Waals surface area (Å²) in [5.41, 5.74) is 2.89. The van der Waals surface area contributed by atoms with Crippen molar-refractivity contribution in [2.75, 3.05) is 4.31 Å². The third kappa shape index (κ3) is 3.54. The number of aryl methyl sites for hydroxylation is 2. The molecular weight excluding hydrogens is 442 g/mol. The Labute approximate surface area is 200 Å². The molecule has 5 heteroatoms. The van der Waals surface area contributed by atoms with Crippen LogP contribution >= 0.6 is 0 Å². The molecule has 1 unspecified atom stereocenters. The zero-order chi connectivity index (χ0) is 23.9. The van der Waals surface area contributed by atoms with Crippen molar-refractivity contribution in [1.82, 2.24) is 0 Å². The molecule has 0 radical (unpaired) electrons. The Kier molecular flexibility index (Phi) is 5.39. The maximum atomic E-state index is 14.1. The number of hydrogen-bond donors (Lipinski definition) is 1. The summed E-state index contributed by atoms with van der Waals surface area (Å²) >= 11 is 0. The lowest BCUT2D eigenvalue weighted by molar-refractivity contribution is 0.128. The van der Waals surface area contributed by atoms with Gasteiger partial charge in [0.15, 0.2) is 5.60 Å². The van der Waals surface area contributed by atoms with Crippen LogP contribution in [0.1, 0.15) is 27.8 Å². The van der Waals surface area contributed by atoms with Crippen LogP contribution in [0.5, 0.6) is 0 Å². The highest BCUT2D eigenvalue weighted by Crippen LogP contribution is 2.53. The molecule has 0 spiro atoms. The zero-order valence-electron chi connectivity index (χ0n) is 19.0. The predicted molar refractivity (Wildman–Crippen MR) is 136 cm³/mol. The minimum atomic E-state index is -4.02. The number of hydrogen-bond acceptors (Lipinski definition) is 3. The standard InChI is InChI=1S/C29H25NO3S/c1-21-13-16-25(17-14-21)34(32,33)30-27-18-15-22(2)19-26(27)29(31,24-11-7-4-8-12-24)28(30)20-23-9-5-3-6-10-23/h3-20,31H,1-2H3/b28-20-. The van der Waals surface area contributed by atoms with Gasteiger partial charge in [-0.1, -0.05) is 96.1 Å². The quantitative estimate of drug-likeness (QED) is 0.413. The molecule has 4 aromatic carbocycles. The zero-order valence-corrected chi connectivity index (χ0v) is 19.8. The lowest BCUT2D eigenvalue weighted by Crippen LogP contribution is -2.35. The van der Waals surface area contributed by atoms with Crippen molar-refractivity contribution in [3.05, 3.63) is 137 Å². The van der Waals surface area contributed by atoms with Gasteiger partial charge in [-0.2, -0.15) is 0 Å². The van der Waals surface area contributed by atoms with Crippen LogP contribution in [0.4, 0.5) is 5.69 Å². The van der Waals surface area contributed by atoms with Crippen LogP contribution in [-0.4, -0.2) is 13.5 Å². The first-order chi connectivity index (χ1) is 16.3. The summed E-state index contributed by atoms with van der Waals surface area (Å²) in [6.45, 7) is 3.85. The highest BCUT2D eigenvalue weighted by molar-refractivity contribution is 7.93. The van der Waals surface area contributed by atoms with Gasteiger partial charge in [0, 0.05) is 5.56 Å². The smallest absolute Gasteiger partial charge is 0.268 e. The van der Waals surface area contributed by atoms with Gasteiger partial charge in [0.2, 0.25) is 0 Å². The summed E-state index contributed by atoms with van der Waals surface area (Å²) in [7, 11) is -4.02. The second kappa shape index (κ2) is 8.28. The van der Waals surface area contributed by atoms with Crippen molar-refractivity contribution in [2.45, 2.75) is 24.3 Å². The molecule has 1 atom stereocenters. The molecule has 0 saturated carbocycles. The fourth-order valence-electron chi connectivity index (χ4n) is 4.46. The Morgan fingerprint density at radius 3 is 2.00 bits per heavy atom. The fraction of sp³-hybridized carbons (Fsp3) is 0.103. The topological polar surface area (TPSA) is 57.6 Å². The second-order valence-corrected chi connectivity index (χ2v) is 10.4. The van der Waals surface area contributed by atoms with Crippen LogP contribution in [0.3, 0.4) is 0 Å². The van der Waals surface area contributed by atoms with E-state index in [4.69, 9.17) is 0 Å². The molecule has 1 heterocycles. The fourth-order valence-corrected chi connectivity index (χ4v) is 6.01. The Hall–Kier alpha value is -3.67. The van der Waals surface area contributed by atoms with E-state index in [0.717, 1.165) is 16.7 Å². The van der Waals surface area contributed by atoms with Gasteiger partial charge in [-0.3, -0.25) is 0 Å². The van der Waals surface area contributed by atoms with Gasteiger partial charge in [0.05, 0.1) is 16.3 Å². The molecule has 4 nitrogen and oxygen atoms in total. The normalized spacial score (nSPS) is 18.8. The van der Waals surface area contributed by atoms with Crippen LogP contribution in [0.25, 0.3) is 6.08 Å². The van der Waals surface area contributed by atoms with Crippen LogP contribution in [0, 0.1) is 13.8 Å². The average Bonchev–Trinajstić information content (AvgIpc) is 3.09. The van der Waals surface area contributed by atoms with Gasteiger partial charge in [0.25, 0.3) is 10.0 Å². The average molecular weight is 468 g/mol. The van der Waals surface area contributed by atoms with Crippen molar-refractivity contribution in [3.63, 3.8) is 0 Å². The molecule has 0 aromatic heterocycles. The van der Waals surface area contributed by atoms with Gasteiger partial charge < -0.3 is 5.11 Å². The first-order valence-electron chi connectivity index (χ1n) is 11.1. The highest BCUT2D eigenvalue weighted by Gasteiger charge is 2.51. The van der Waals surface area contributed by atoms with E-state index < -0.39 is 15.6 Å². The van der Waals surface area contributed by atoms with Crippen molar-refractivity contribution >= 4 is 21.8 Å². The molecule has 5 rings (SSSR count). The third-order valence-electron chi connectivity index (χ3n) is 6.20. The Morgan fingerprint density at radius 1 is 0.765 bits per heavy atom. The number of benzene rings is 4. The molecule has 0 aliphatic carbocycles. The van der Waals surface area contributed by atoms with Crippen molar-refractivity contribution < 1.29 is 13.5 Å². The minimum absolute atomic E-state index is 0.167. The maximum absolute atomic E-state index is 14.1. The van der Waals surface area contributed by atoms with Gasteiger partial charge in [-0.05, 0) is 49.2 Å². The van der Waals surface area contributed by atoms with Gasteiger partial charge in [0.1, 0.15) is 0 Å². The number of sulfonamides is 1. The first-order valence-corrected chi connectivity index (χ1v) is 12.5. The van der Waals surface area contributed by atoms with E-state index in [9.17, 15) is 13.5 Å². The molecule has 1 aliphatic heterocycles. The molecule has 170 valence electrons. The molecule has 0 saturated heterocycles. The third-order valence-corrected chi connectivity index (χ3v) is 7.95. The largest absolute Gasteiger partial charge is 0.374 e. The maximum Gasteiger partial charge on any atom is 0.268 e. The van der Waals surface area contributed by atoms with Crippen molar-refractivity contribution in [3.8, 4) is 0 Å². The summed E-state index contributed by atoms with van der Waals surface area (Å²) in [6.07, 6.45) is 1.76. The van der Waals surface area contributed by atoms with Crippen LogP contribution in [-0.2, 0) is 15.6 Å². The molecule has 4 aromatic rings. The van der Waals surface area contributed by atoms with E-state index in [0.29, 0.717) is 16.8 Å². The Bertz CT molecular complexity index is 1480. The van der Waals surface area contributed by atoms with Gasteiger partial charge in [-0.15, -0.1) is 0 Å². The Balaban J connectivity index is 1.85. The van der Waals surface area contributed by atoms with Crippen LogP contribution < -0.4 is 4.31 Å². The molecule has 34 heavy (non-hydrogen) atoms. The summed E-state index contributed by atoms with van der Waals surface area (Å²) in [5, 5.41) is 12.4. The van der Waals surface area contributed by atoms with Crippen molar-refractivity contribution in [2.24, 2.45) is 0 Å². The highest BCUT2D eigenvalue weighted by atomic mass is 32.2. The van der Waals surface area contributed by atoms with E-state index in [1.165, 1.54) is 4.31 Å². The van der Waals surface area contributed by atoms with E-state index in [-0.39, 0.29) is 10.6 Å². The van der Waals surface area contributed by atoms with E-state index in [1.807, 2.05) is 86.6 Å². The second-order valence-electron chi connectivity index (χ2n) is 8.62. The van der Waals surface area contributed by atoms with Crippen LogP contribution in [0.2, 0.25) is 0 Å². The molecule has 0 amide bonds. The summed E-state index contributed by atoms with van der Waals surface area (Å²) in [6, 6.07) is 31.0. The number of aliphatic hydroxyl groups is 1. The van der Waals surface area contributed by atoms with E-state index in [2.05, 4.69) is 0 Å². The summed E-state index contributed by atoms with van der Waals surface area (Å²) in [4.78, 5) is 0.167. The van der Waals surface area contributed by atoms with E-state index >= 15 is 0 Å². The predicted octanol–water partition coefficient (Wildman–Crippen LogP) is 5.79. The van der Waals surface area contributed by atoms with Crippen LogP contribution in [0.15, 0.2) is 114 Å². The molecule has 0 bridgehead atoms. The minimum Gasteiger partial charge on any atom is -0.374 e. The molecular formula is C29H25NO3S. The number of anilines is 1. The molecule has 0 fully saturated rings. The lowest BCUT2D eigenvalue weighted by atomic mass is 9.84.